The molecule has 3 aliphatic rings. The molecule has 0 amide bonds. The van der Waals surface area contributed by atoms with Crippen molar-refractivity contribution in [2.24, 2.45) is 11.3 Å². The number of piperazine rings is 1. The van der Waals surface area contributed by atoms with Crippen molar-refractivity contribution in [2.75, 3.05) is 19.6 Å². The Morgan fingerprint density at radius 2 is 2.06 bits per heavy atom. The molecule has 0 aromatic rings. The molecule has 2 saturated carbocycles. The van der Waals surface area contributed by atoms with Gasteiger partial charge in [-0.25, -0.2) is 0 Å². The average Bonchev–Trinajstić information content (AvgIpc) is 3.10. The molecule has 0 aromatic carbocycles. The molecule has 0 radical (unpaired) electrons. The third kappa shape index (κ3) is 2.39. The van der Waals surface area contributed by atoms with E-state index in [0.717, 1.165) is 18.0 Å². The highest BCUT2D eigenvalue weighted by molar-refractivity contribution is 4.97. The first-order valence-corrected chi connectivity index (χ1v) is 7.70. The minimum Gasteiger partial charge on any atom is -0.311 e. The van der Waals surface area contributed by atoms with Crippen LogP contribution >= 0.6 is 0 Å². The SMILES string of the molecule is CCC1(CN2CC(C3CC3)NCC2C)CCC1. The summed E-state index contributed by atoms with van der Waals surface area (Å²) >= 11 is 0. The summed E-state index contributed by atoms with van der Waals surface area (Å²) in [5.74, 6) is 1.00. The van der Waals surface area contributed by atoms with Crippen LogP contribution in [-0.4, -0.2) is 36.6 Å². The topological polar surface area (TPSA) is 15.3 Å². The molecular weight excluding hydrogens is 208 g/mol. The van der Waals surface area contributed by atoms with E-state index in [9.17, 15) is 0 Å². The van der Waals surface area contributed by atoms with Crippen molar-refractivity contribution in [3.05, 3.63) is 0 Å². The molecule has 98 valence electrons. The standard InChI is InChI=1S/C15H28N2/c1-3-15(7-4-8-15)11-17-10-14(13-5-6-13)16-9-12(17)2/h12-14,16H,3-11H2,1-2H3. The second kappa shape index (κ2) is 4.55. The van der Waals surface area contributed by atoms with E-state index < -0.39 is 0 Å². The van der Waals surface area contributed by atoms with E-state index >= 15 is 0 Å². The molecule has 1 heterocycles. The maximum absolute atomic E-state index is 3.76. The van der Waals surface area contributed by atoms with Crippen molar-refractivity contribution < 1.29 is 0 Å². The van der Waals surface area contributed by atoms with Crippen LogP contribution < -0.4 is 5.32 Å². The Bertz CT molecular complexity index is 263. The Morgan fingerprint density at radius 1 is 1.29 bits per heavy atom. The molecular formula is C15H28N2. The fraction of sp³-hybridized carbons (Fsp3) is 1.00. The third-order valence-corrected chi connectivity index (χ3v) is 5.62. The van der Waals surface area contributed by atoms with E-state index in [1.165, 1.54) is 58.2 Å². The quantitative estimate of drug-likeness (QED) is 0.807. The predicted octanol–water partition coefficient (Wildman–Crippen LogP) is 2.64. The number of hydrogen-bond donors (Lipinski definition) is 1. The van der Waals surface area contributed by atoms with Gasteiger partial charge in [-0.15, -0.1) is 0 Å². The van der Waals surface area contributed by atoms with Gasteiger partial charge in [-0.3, -0.25) is 4.90 Å². The summed E-state index contributed by atoms with van der Waals surface area (Å²) in [4.78, 5) is 2.79. The van der Waals surface area contributed by atoms with Gasteiger partial charge in [0.05, 0.1) is 0 Å². The van der Waals surface area contributed by atoms with E-state index in [-0.39, 0.29) is 0 Å². The molecule has 17 heavy (non-hydrogen) atoms. The highest BCUT2D eigenvalue weighted by Crippen LogP contribution is 2.45. The van der Waals surface area contributed by atoms with Crippen molar-refractivity contribution in [1.82, 2.24) is 10.2 Å². The average molecular weight is 236 g/mol. The van der Waals surface area contributed by atoms with E-state index in [4.69, 9.17) is 0 Å². The molecule has 3 fully saturated rings. The van der Waals surface area contributed by atoms with Gasteiger partial charge in [0.2, 0.25) is 0 Å². The molecule has 2 heteroatoms. The fourth-order valence-corrected chi connectivity index (χ4v) is 3.71. The van der Waals surface area contributed by atoms with Gasteiger partial charge in [-0.1, -0.05) is 13.3 Å². The van der Waals surface area contributed by atoms with E-state index in [2.05, 4.69) is 24.1 Å². The Morgan fingerprint density at radius 3 is 2.59 bits per heavy atom. The molecule has 1 N–H and O–H groups in total. The van der Waals surface area contributed by atoms with Crippen LogP contribution in [0.2, 0.25) is 0 Å². The highest BCUT2D eigenvalue weighted by atomic mass is 15.2. The summed E-state index contributed by atoms with van der Waals surface area (Å²) in [5.41, 5.74) is 0.694. The Kier molecular flexibility index (Phi) is 3.20. The molecule has 3 rings (SSSR count). The summed E-state index contributed by atoms with van der Waals surface area (Å²) < 4.78 is 0. The maximum Gasteiger partial charge on any atom is 0.0224 e. The summed E-state index contributed by atoms with van der Waals surface area (Å²) in [7, 11) is 0. The largest absolute Gasteiger partial charge is 0.311 e. The van der Waals surface area contributed by atoms with Crippen LogP contribution in [0.4, 0.5) is 0 Å². The van der Waals surface area contributed by atoms with Gasteiger partial charge >= 0.3 is 0 Å². The second-order valence-electron chi connectivity index (χ2n) is 6.84. The number of hydrogen-bond acceptors (Lipinski definition) is 2. The maximum atomic E-state index is 3.76. The zero-order chi connectivity index (χ0) is 11.9. The summed E-state index contributed by atoms with van der Waals surface area (Å²) in [6.45, 7) is 8.69. The molecule has 2 unspecified atom stereocenters. The van der Waals surface area contributed by atoms with Crippen LogP contribution in [0.5, 0.6) is 0 Å². The van der Waals surface area contributed by atoms with Crippen LogP contribution in [0.3, 0.4) is 0 Å². The molecule has 2 aliphatic carbocycles. The van der Waals surface area contributed by atoms with Crippen molar-refractivity contribution in [1.29, 1.82) is 0 Å². The van der Waals surface area contributed by atoms with Crippen LogP contribution in [0.25, 0.3) is 0 Å². The van der Waals surface area contributed by atoms with Crippen LogP contribution in [0, 0.1) is 11.3 Å². The Balaban J connectivity index is 1.59. The monoisotopic (exact) mass is 236 g/mol. The molecule has 0 spiro atoms. The number of rotatable bonds is 4. The summed E-state index contributed by atoms with van der Waals surface area (Å²) in [6.07, 6.45) is 8.76. The predicted molar refractivity (Wildman–Crippen MR) is 72.1 cm³/mol. The van der Waals surface area contributed by atoms with Crippen LogP contribution in [-0.2, 0) is 0 Å². The lowest BCUT2D eigenvalue weighted by molar-refractivity contribution is 0.0232. The van der Waals surface area contributed by atoms with Gasteiger partial charge in [0.1, 0.15) is 0 Å². The van der Waals surface area contributed by atoms with E-state index in [0.29, 0.717) is 5.41 Å². The van der Waals surface area contributed by atoms with Gasteiger partial charge in [-0.2, -0.15) is 0 Å². The van der Waals surface area contributed by atoms with E-state index in [1.54, 1.807) is 0 Å². The van der Waals surface area contributed by atoms with Crippen molar-refractivity contribution in [3.8, 4) is 0 Å². The lowest BCUT2D eigenvalue weighted by Gasteiger charge is -2.49. The minimum absolute atomic E-state index is 0.694. The van der Waals surface area contributed by atoms with Crippen molar-refractivity contribution in [2.45, 2.75) is 64.5 Å². The molecule has 2 nitrogen and oxygen atoms in total. The molecule has 1 saturated heterocycles. The molecule has 0 aromatic heterocycles. The zero-order valence-corrected chi connectivity index (χ0v) is 11.5. The first-order valence-electron chi connectivity index (χ1n) is 7.70. The van der Waals surface area contributed by atoms with Crippen LogP contribution in [0.1, 0.15) is 52.4 Å². The van der Waals surface area contributed by atoms with Crippen LogP contribution in [0.15, 0.2) is 0 Å². The Hall–Kier alpha value is -0.0800. The van der Waals surface area contributed by atoms with Gasteiger partial charge in [0.25, 0.3) is 0 Å². The molecule has 0 bridgehead atoms. The first kappa shape index (κ1) is 12.0. The van der Waals surface area contributed by atoms with Gasteiger partial charge in [0.15, 0.2) is 0 Å². The van der Waals surface area contributed by atoms with Gasteiger partial charge in [-0.05, 0) is 50.4 Å². The van der Waals surface area contributed by atoms with Gasteiger partial charge in [0, 0.05) is 31.7 Å². The lowest BCUT2D eigenvalue weighted by Crippen LogP contribution is -2.59. The molecule has 1 aliphatic heterocycles. The normalized spacial score (nSPS) is 37.8. The third-order valence-electron chi connectivity index (χ3n) is 5.62. The fourth-order valence-electron chi connectivity index (χ4n) is 3.71. The minimum atomic E-state index is 0.694. The number of nitrogens with zero attached hydrogens (tertiary/aromatic N) is 1. The highest BCUT2D eigenvalue weighted by Gasteiger charge is 2.41. The van der Waals surface area contributed by atoms with Gasteiger partial charge < -0.3 is 5.32 Å². The van der Waals surface area contributed by atoms with E-state index in [1.807, 2.05) is 0 Å². The second-order valence-corrected chi connectivity index (χ2v) is 6.84. The molecule has 2 atom stereocenters. The van der Waals surface area contributed by atoms with Crippen molar-refractivity contribution in [3.63, 3.8) is 0 Å². The first-order chi connectivity index (χ1) is 8.22. The smallest absolute Gasteiger partial charge is 0.0224 e. The number of nitrogens with one attached hydrogen (secondary N) is 1. The summed E-state index contributed by atoms with van der Waals surface area (Å²) in [6, 6.07) is 1.55. The summed E-state index contributed by atoms with van der Waals surface area (Å²) in [5, 5.41) is 3.76. The Labute approximate surface area is 106 Å². The van der Waals surface area contributed by atoms with Crippen molar-refractivity contribution >= 4 is 0 Å². The zero-order valence-electron chi connectivity index (χ0n) is 11.5. The lowest BCUT2D eigenvalue weighted by atomic mass is 9.66.